The molecule has 2 aliphatic rings. The molecule has 9 heteroatoms. The minimum Gasteiger partial charge on any atom is -0.466 e. The molecular weight excluding hydrogens is 500 g/mol. The number of carbonyl (C=O) groups is 4. The lowest BCUT2D eigenvalue weighted by Gasteiger charge is -2.40. The average Bonchev–Trinajstić information content (AvgIpc) is 3.16. The second-order valence-corrected chi connectivity index (χ2v) is 10.0. The van der Waals surface area contributed by atoms with Gasteiger partial charge in [-0.1, -0.05) is 30.3 Å². The maximum Gasteiger partial charge on any atom is 0.338 e. The summed E-state index contributed by atoms with van der Waals surface area (Å²) in [4.78, 5) is 51.7. The van der Waals surface area contributed by atoms with Gasteiger partial charge in [-0.05, 0) is 56.6 Å². The van der Waals surface area contributed by atoms with Gasteiger partial charge in [-0.3, -0.25) is 19.3 Å². The maximum absolute atomic E-state index is 13.3. The van der Waals surface area contributed by atoms with E-state index in [0.717, 1.165) is 18.4 Å². The summed E-state index contributed by atoms with van der Waals surface area (Å²) < 4.78 is 16.4. The fourth-order valence-corrected chi connectivity index (χ4v) is 5.42. The number of esters is 3. The molecule has 0 saturated carbocycles. The number of rotatable bonds is 11. The van der Waals surface area contributed by atoms with Crippen LogP contribution in [0.5, 0.6) is 0 Å². The number of fused-ring (bicyclic) bond motifs is 2. The molecule has 2 fully saturated rings. The Kier molecular flexibility index (Phi) is 9.70. The molecule has 2 unspecified atom stereocenters. The van der Waals surface area contributed by atoms with E-state index in [1.54, 1.807) is 43.3 Å². The topological polar surface area (TPSA) is 111 Å². The lowest BCUT2D eigenvalue weighted by Crippen LogP contribution is -2.53. The van der Waals surface area contributed by atoms with Crippen molar-refractivity contribution >= 4 is 29.5 Å². The van der Waals surface area contributed by atoms with Crippen LogP contribution < -0.4 is 5.32 Å². The van der Waals surface area contributed by atoms with E-state index < -0.39 is 24.0 Å². The van der Waals surface area contributed by atoms with Crippen LogP contribution in [0, 0.1) is 5.92 Å². The van der Waals surface area contributed by atoms with Gasteiger partial charge >= 0.3 is 17.9 Å². The molecule has 2 bridgehead atoms. The van der Waals surface area contributed by atoms with E-state index in [0.29, 0.717) is 24.1 Å². The van der Waals surface area contributed by atoms with Crippen LogP contribution in [0.4, 0.5) is 5.69 Å². The monoisotopic (exact) mass is 536 g/mol. The summed E-state index contributed by atoms with van der Waals surface area (Å²) in [6, 6.07) is 16.4. The molecule has 208 valence electrons. The first-order valence-electron chi connectivity index (χ1n) is 13.5. The van der Waals surface area contributed by atoms with Crippen LogP contribution in [0.15, 0.2) is 54.6 Å². The lowest BCUT2D eigenvalue weighted by molar-refractivity contribution is -0.159. The molecule has 2 saturated heterocycles. The van der Waals surface area contributed by atoms with Crippen LogP contribution in [-0.4, -0.2) is 67.2 Å². The van der Waals surface area contributed by atoms with E-state index in [2.05, 4.69) is 10.2 Å². The summed E-state index contributed by atoms with van der Waals surface area (Å²) >= 11 is 0. The van der Waals surface area contributed by atoms with E-state index in [1.165, 1.54) is 0 Å². The van der Waals surface area contributed by atoms with Crippen molar-refractivity contribution in [2.75, 3.05) is 25.6 Å². The third-order valence-corrected chi connectivity index (χ3v) is 7.49. The van der Waals surface area contributed by atoms with Gasteiger partial charge in [0.1, 0.15) is 12.0 Å². The summed E-state index contributed by atoms with van der Waals surface area (Å²) in [5, 5.41) is 2.76. The van der Waals surface area contributed by atoms with Gasteiger partial charge in [0.05, 0.1) is 25.2 Å². The molecule has 2 heterocycles. The van der Waals surface area contributed by atoms with Gasteiger partial charge < -0.3 is 19.5 Å². The number of hydrogen-bond donors (Lipinski definition) is 1. The molecule has 4 atom stereocenters. The molecule has 9 nitrogen and oxygen atoms in total. The van der Waals surface area contributed by atoms with Gasteiger partial charge in [0.2, 0.25) is 5.91 Å². The summed E-state index contributed by atoms with van der Waals surface area (Å²) in [5.41, 5.74) is 2.03. The first-order chi connectivity index (χ1) is 18.9. The van der Waals surface area contributed by atoms with Crippen LogP contribution >= 0.6 is 0 Å². The Labute approximate surface area is 228 Å². The zero-order valence-corrected chi connectivity index (χ0v) is 22.5. The van der Waals surface area contributed by atoms with Crippen molar-refractivity contribution in [2.45, 2.75) is 63.6 Å². The summed E-state index contributed by atoms with van der Waals surface area (Å²) in [7, 11) is 2.02. The first kappa shape index (κ1) is 28.3. The van der Waals surface area contributed by atoms with Gasteiger partial charge in [-0.2, -0.15) is 0 Å². The van der Waals surface area contributed by atoms with Crippen LogP contribution in [0.3, 0.4) is 0 Å². The second-order valence-electron chi connectivity index (χ2n) is 10.0. The van der Waals surface area contributed by atoms with Crippen molar-refractivity contribution in [1.82, 2.24) is 4.90 Å². The number of amides is 1. The third kappa shape index (κ3) is 7.44. The quantitative estimate of drug-likeness (QED) is 0.341. The van der Waals surface area contributed by atoms with E-state index in [-0.39, 0.29) is 50.0 Å². The second kappa shape index (κ2) is 13.4. The minimum atomic E-state index is -0.534. The number of anilines is 1. The standard InChI is InChI=1S/C30H36N2O7/c1-3-37-27(34)16-15-26(33)31-22-11-9-20(10-12-22)17-18-38-30(36)28-24-14-13-23(32(24)2)19-25(28)39-29(35)21-7-5-4-6-8-21/h4-12,23-25,28H,3,13-19H2,1-2H3,(H,31,33)/t23-,24?,25+,28?/m1/s1. The molecular formula is C30H36N2O7. The Morgan fingerprint density at radius 3 is 2.41 bits per heavy atom. The van der Waals surface area contributed by atoms with Gasteiger partial charge in [0.25, 0.3) is 0 Å². The van der Waals surface area contributed by atoms with E-state index in [1.807, 2.05) is 25.2 Å². The number of piperidine rings is 1. The molecule has 4 rings (SSSR count). The van der Waals surface area contributed by atoms with Crippen LogP contribution in [0.25, 0.3) is 0 Å². The number of hydrogen-bond acceptors (Lipinski definition) is 8. The number of nitrogens with one attached hydrogen (secondary N) is 1. The molecule has 1 N–H and O–H groups in total. The third-order valence-electron chi connectivity index (χ3n) is 7.49. The Morgan fingerprint density at radius 2 is 1.69 bits per heavy atom. The van der Waals surface area contributed by atoms with Crippen LogP contribution in [-0.2, 0) is 35.0 Å². The fraction of sp³-hybridized carbons (Fsp3) is 0.467. The highest BCUT2D eigenvalue weighted by Gasteiger charge is 2.51. The molecule has 39 heavy (non-hydrogen) atoms. The van der Waals surface area contributed by atoms with Crippen molar-refractivity contribution < 1.29 is 33.4 Å². The van der Waals surface area contributed by atoms with E-state index >= 15 is 0 Å². The zero-order valence-electron chi connectivity index (χ0n) is 22.5. The van der Waals surface area contributed by atoms with Crippen molar-refractivity contribution in [1.29, 1.82) is 0 Å². The fourth-order valence-electron chi connectivity index (χ4n) is 5.42. The highest BCUT2D eigenvalue weighted by molar-refractivity contribution is 5.92. The van der Waals surface area contributed by atoms with E-state index in [9.17, 15) is 19.2 Å². The largest absolute Gasteiger partial charge is 0.466 e. The Bertz CT molecular complexity index is 1150. The molecule has 2 aromatic rings. The lowest BCUT2D eigenvalue weighted by atomic mass is 9.87. The highest BCUT2D eigenvalue weighted by atomic mass is 16.6. The van der Waals surface area contributed by atoms with Crippen molar-refractivity contribution in [2.24, 2.45) is 5.92 Å². The smallest absolute Gasteiger partial charge is 0.338 e. The number of benzene rings is 2. The van der Waals surface area contributed by atoms with Gasteiger partial charge in [-0.15, -0.1) is 0 Å². The van der Waals surface area contributed by atoms with Crippen molar-refractivity contribution in [3.05, 3.63) is 65.7 Å². The van der Waals surface area contributed by atoms with Gasteiger partial charge in [0.15, 0.2) is 0 Å². The van der Waals surface area contributed by atoms with Crippen molar-refractivity contribution in [3.63, 3.8) is 0 Å². The van der Waals surface area contributed by atoms with Crippen LogP contribution in [0.2, 0.25) is 0 Å². The number of carbonyl (C=O) groups excluding carboxylic acids is 4. The molecule has 1 amide bonds. The molecule has 2 aromatic carbocycles. The first-order valence-corrected chi connectivity index (χ1v) is 13.5. The van der Waals surface area contributed by atoms with Gasteiger partial charge in [-0.25, -0.2) is 4.79 Å². The predicted molar refractivity (Wildman–Crippen MR) is 144 cm³/mol. The maximum atomic E-state index is 13.3. The Balaban J connectivity index is 1.28. The molecule has 0 aromatic heterocycles. The highest BCUT2D eigenvalue weighted by Crippen LogP contribution is 2.40. The summed E-state index contributed by atoms with van der Waals surface area (Å²) in [6.45, 7) is 2.21. The minimum absolute atomic E-state index is 0.0171. The van der Waals surface area contributed by atoms with Crippen LogP contribution in [0.1, 0.15) is 54.9 Å². The molecule has 0 spiro atoms. The number of nitrogens with zero attached hydrogens (tertiary/aromatic N) is 1. The molecule has 0 radical (unpaired) electrons. The SMILES string of the molecule is CCOC(=O)CCC(=O)Nc1ccc(CCOC(=O)C2C3CC[C@H](C[C@@H]2OC(=O)c2ccccc2)N3C)cc1. The average molecular weight is 537 g/mol. The summed E-state index contributed by atoms with van der Waals surface area (Å²) in [5.74, 6) is -1.96. The molecule has 2 aliphatic heterocycles. The number of ether oxygens (including phenoxy) is 3. The Morgan fingerprint density at radius 1 is 0.949 bits per heavy atom. The predicted octanol–water partition coefficient (Wildman–Crippen LogP) is 3.76. The van der Waals surface area contributed by atoms with Gasteiger partial charge in [0, 0.05) is 37.0 Å². The van der Waals surface area contributed by atoms with E-state index in [4.69, 9.17) is 14.2 Å². The zero-order chi connectivity index (χ0) is 27.8. The summed E-state index contributed by atoms with van der Waals surface area (Å²) in [6.07, 6.45) is 2.52. The Hall–Kier alpha value is -3.72. The van der Waals surface area contributed by atoms with Crippen molar-refractivity contribution in [3.8, 4) is 0 Å². The molecule has 0 aliphatic carbocycles. The normalized spacial score (nSPS) is 22.1.